The van der Waals surface area contributed by atoms with Gasteiger partial charge < -0.3 is 5.32 Å². The summed E-state index contributed by atoms with van der Waals surface area (Å²) in [6.07, 6.45) is 0. The molecule has 0 fully saturated rings. The summed E-state index contributed by atoms with van der Waals surface area (Å²) in [6, 6.07) is 5.75. The maximum atomic E-state index is 12.3. The summed E-state index contributed by atoms with van der Waals surface area (Å²) in [5.74, 6) is -0.171. The zero-order valence-corrected chi connectivity index (χ0v) is 12.0. The third-order valence-corrected chi connectivity index (χ3v) is 3.29. The number of carbonyl (C=O) groups excluding carboxylic acids is 1. The molecule has 0 unspecified atom stereocenters. The number of hydrogen-bond acceptors (Lipinski definition) is 5. The van der Waals surface area contributed by atoms with Crippen LogP contribution in [0.25, 0.3) is 0 Å². The molecular weight excluding hydrogens is 260 g/mol. The van der Waals surface area contributed by atoms with Crippen LogP contribution in [0.2, 0.25) is 0 Å². The van der Waals surface area contributed by atoms with Crippen molar-refractivity contribution < 1.29 is 4.79 Å². The van der Waals surface area contributed by atoms with E-state index in [9.17, 15) is 4.79 Å². The van der Waals surface area contributed by atoms with Crippen LogP contribution in [0, 0.1) is 13.8 Å². The molecule has 1 aromatic carbocycles. The van der Waals surface area contributed by atoms with Gasteiger partial charge in [-0.1, -0.05) is 23.0 Å². The monoisotopic (exact) mass is 276 g/mol. The molecular formula is C13H16N4OS. The number of nitrogens with one attached hydrogen (secondary N) is 2. The van der Waals surface area contributed by atoms with Crippen LogP contribution in [0.3, 0.4) is 0 Å². The van der Waals surface area contributed by atoms with Crippen LogP contribution in [0.1, 0.15) is 27.9 Å². The van der Waals surface area contributed by atoms with E-state index in [4.69, 9.17) is 0 Å². The quantitative estimate of drug-likeness (QED) is 0.901. The van der Waals surface area contributed by atoms with Gasteiger partial charge in [0.05, 0.1) is 5.56 Å². The molecule has 0 radical (unpaired) electrons. The molecule has 0 atom stereocenters. The van der Waals surface area contributed by atoms with Crippen molar-refractivity contribution in [2.45, 2.75) is 20.8 Å². The molecule has 1 heterocycles. The summed E-state index contributed by atoms with van der Waals surface area (Å²) in [4.78, 5) is 12.3. The van der Waals surface area contributed by atoms with Gasteiger partial charge in [-0.3, -0.25) is 10.1 Å². The third kappa shape index (κ3) is 3.29. The second-order valence-electron chi connectivity index (χ2n) is 4.16. The Labute approximate surface area is 116 Å². The fraction of sp³-hybridized carbons (Fsp3) is 0.308. The summed E-state index contributed by atoms with van der Waals surface area (Å²) in [5.41, 5.74) is 2.49. The number of hydrogen-bond donors (Lipinski definition) is 2. The van der Waals surface area contributed by atoms with E-state index in [-0.39, 0.29) is 5.91 Å². The SMILES string of the molecule is CCNc1ccc(C)cc1C(=O)Nc1nnc(C)s1. The van der Waals surface area contributed by atoms with Gasteiger partial charge in [-0.25, -0.2) is 0 Å². The van der Waals surface area contributed by atoms with Gasteiger partial charge >= 0.3 is 0 Å². The lowest BCUT2D eigenvalue weighted by molar-refractivity contribution is 0.102. The number of benzene rings is 1. The Morgan fingerprint density at radius 3 is 2.74 bits per heavy atom. The van der Waals surface area contributed by atoms with Gasteiger partial charge in [0, 0.05) is 12.2 Å². The second kappa shape index (κ2) is 5.79. The Bertz CT molecular complexity index is 594. The summed E-state index contributed by atoms with van der Waals surface area (Å²) >= 11 is 1.36. The minimum atomic E-state index is -0.171. The van der Waals surface area contributed by atoms with Crippen molar-refractivity contribution >= 4 is 28.1 Å². The van der Waals surface area contributed by atoms with E-state index in [1.54, 1.807) is 0 Å². The predicted molar refractivity (Wildman–Crippen MR) is 77.9 cm³/mol. The summed E-state index contributed by atoms with van der Waals surface area (Å²) in [7, 11) is 0. The minimum absolute atomic E-state index is 0.171. The fourth-order valence-corrected chi connectivity index (χ4v) is 2.29. The zero-order valence-electron chi connectivity index (χ0n) is 11.2. The Balaban J connectivity index is 2.24. The minimum Gasteiger partial charge on any atom is -0.385 e. The van der Waals surface area contributed by atoms with E-state index in [2.05, 4.69) is 20.8 Å². The molecule has 2 N–H and O–H groups in total. The maximum Gasteiger partial charge on any atom is 0.259 e. The third-order valence-electron chi connectivity index (χ3n) is 2.53. The molecule has 6 heteroatoms. The first-order valence-electron chi connectivity index (χ1n) is 6.06. The van der Waals surface area contributed by atoms with E-state index >= 15 is 0 Å². The van der Waals surface area contributed by atoms with Gasteiger partial charge in [0.15, 0.2) is 0 Å². The van der Waals surface area contributed by atoms with Crippen molar-refractivity contribution in [3.63, 3.8) is 0 Å². The zero-order chi connectivity index (χ0) is 13.8. The topological polar surface area (TPSA) is 66.9 Å². The number of rotatable bonds is 4. The van der Waals surface area contributed by atoms with Crippen molar-refractivity contribution in [2.75, 3.05) is 17.2 Å². The van der Waals surface area contributed by atoms with E-state index in [0.717, 1.165) is 22.8 Å². The van der Waals surface area contributed by atoms with Gasteiger partial charge in [0.1, 0.15) is 5.01 Å². The van der Waals surface area contributed by atoms with Crippen LogP contribution in [-0.2, 0) is 0 Å². The molecule has 1 aromatic heterocycles. The van der Waals surface area contributed by atoms with Gasteiger partial charge in [-0.05, 0) is 32.9 Å². The molecule has 2 rings (SSSR count). The van der Waals surface area contributed by atoms with Gasteiger partial charge in [0.2, 0.25) is 5.13 Å². The lowest BCUT2D eigenvalue weighted by Gasteiger charge is -2.10. The van der Waals surface area contributed by atoms with Crippen LogP contribution < -0.4 is 10.6 Å². The first-order chi connectivity index (χ1) is 9.10. The van der Waals surface area contributed by atoms with Crippen LogP contribution in [0.15, 0.2) is 18.2 Å². The first-order valence-corrected chi connectivity index (χ1v) is 6.87. The number of aromatic nitrogens is 2. The fourth-order valence-electron chi connectivity index (χ4n) is 1.70. The van der Waals surface area contributed by atoms with Gasteiger partial charge in [-0.2, -0.15) is 0 Å². The number of nitrogens with zero attached hydrogens (tertiary/aromatic N) is 2. The van der Waals surface area contributed by atoms with Crippen LogP contribution in [0.4, 0.5) is 10.8 Å². The molecule has 0 spiro atoms. The molecule has 0 aliphatic rings. The molecule has 0 bridgehead atoms. The molecule has 5 nitrogen and oxygen atoms in total. The Kier molecular flexibility index (Phi) is 4.11. The van der Waals surface area contributed by atoms with E-state index in [1.165, 1.54) is 11.3 Å². The number of amides is 1. The normalized spacial score (nSPS) is 10.3. The van der Waals surface area contributed by atoms with Crippen LogP contribution >= 0.6 is 11.3 Å². The molecule has 2 aromatic rings. The molecule has 19 heavy (non-hydrogen) atoms. The largest absolute Gasteiger partial charge is 0.385 e. The number of anilines is 2. The number of aryl methyl sites for hydroxylation is 2. The van der Waals surface area contributed by atoms with Crippen molar-refractivity contribution in [2.24, 2.45) is 0 Å². The highest BCUT2D eigenvalue weighted by Gasteiger charge is 2.13. The van der Waals surface area contributed by atoms with Gasteiger partial charge in [0.25, 0.3) is 5.91 Å². The average Bonchev–Trinajstić information content (AvgIpc) is 2.77. The lowest BCUT2D eigenvalue weighted by Crippen LogP contribution is -2.15. The Morgan fingerprint density at radius 2 is 2.11 bits per heavy atom. The average molecular weight is 276 g/mol. The smallest absolute Gasteiger partial charge is 0.259 e. The second-order valence-corrected chi connectivity index (χ2v) is 5.34. The standard InChI is InChI=1S/C13H16N4OS/c1-4-14-11-6-5-8(2)7-10(11)12(18)15-13-17-16-9(3)19-13/h5-7,14H,4H2,1-3H3,(H,15,17,18). The molecule has 1 amide bonds. The number of carbonyl (C=O) groups is 1. The summed E-state index contributed by atoms with van der Waals surface area (Å²) in [5, 5.41) is 15.1. The highest BCUT2D eigenvalue weighted by molar-refractivity contribution is 7.15. The summed E-state index contributed by atoms with van der Waals surface area (Å²) in [6.45, 7) is 6.57. The van der Waals surface area contributed by atoms with Crippen molar-refractivity contribution in [1.82, 2.24) is 10.2 Å². The molecule has 0 saturated heterocycles. The highest BCUT2D eigenvalue weighted by atomic mass is 32.1. The van der Waals surface area contributed by atoms with Crippen molar-refractivity contribution in [3.8, 4) is 0 Å². The van der Waals surface area contributed by atoms with E-state index in [0.29, 0.717) is 10.7 Å². The van der Waals surface area contributed by atoms with Crippen molar-refractivity contribution in [1.29, 1.82) is 0 Å². The van der Waals surface area contributed by atoms with Crippen LogP contribution in [-0.4, -0.2) is 22.6 Å². The highest BCUT2D eigenvalue weighted by Crippen LogP contribution is 2.20. The molecule has 100 valence electrons. The predicted octanol–water partition coefficient (Wildman–Crippen LogP) is 2.84. The molecule has 0 saturated carbocycles. The summed E-state index contributed by atoms with van der Waals surface area (Å²) < 4.78 is 0. The molecule has 0 aliphatic heterocycles. The Hall–Kier alpha value is -1.95. The molecule has 0 aliphatic carbocycles. The first kappa shape index (κ1) is 13.5. The Morgan fingerprint density at radius 1 is 1.32 bits per heavy atom. The van der Waals surface area contributed by atoms with E-state index < -0.39 is 0 Å². The van der Waals surface area contributed by atoms with E-state index in [1.807, 2.05) is 39.0 Å². The maximum absolute atomic E-state index is 12.3. The van der Waals surface area contributed by atoms with Crippen LogP contribution in [0.5, 0.6) is 0 Å². The lowest BCUT2D eigenvalue weighted by atomic mass is 10.1. The van der Waals surface area contributed by atoms with Crippen molar-refractivity contribution in [3.05, 3.63) is 34.3 Å². The van der Waals surface area contributed by atoms with Gasteiger partial charge in [-0.15, -0.1) is 10.2 Å².